The van der Waals surface area contributed by atoms with Crippen LogP contribution in [0.15, 0.2) is 28.9 Å². The summed E-state index contributed by atoms with van der Waals surface area (Å²) in [5.74, 6) is -1.56. The highest BCUT2D eigenvalue weighted by atomic mass is 127. The first-order valence-corrected chi connectivity index (χ1v) is 15.5. The Morgan fingerprint density at radius 2 is 1.90 bits per heavy atom. The minimum atomic E-state index is -0.876. The first-order chi connectivity index (χ1) is 19.2. The zero-order valence-corrected chi connectivity index (χ0v) is 25.9. The van der Waals surface area contributed by atoms with Crippen molar-refractivity contribution in [2.75, 3.05) is 27.4 Å². The molecule has 3 aliphatic rings. The van der Waals surface area contributed by atoms with E-state index in [1.54, 1.807) is 13.2 Å². The van der Waals surface area contributed by atoms with Gasteiger partial charge in [0.2, 0.25) is 11.8 Å². The largest absolute Gasteiger partial charge is 0.504 e. The van der Waals surface area contributed by atoms with Gasteiger partial charge in [-0.1, -0.05) is 37.8 Å². The number of benzene rings is 1. The Labute approximate surface area is 250 Å². The molecule has 1 aliphatic heterocycles. The topological polar surface area (TPSA) is 117 Å². The van der Waals surface area contributed by atoms with E-state index in [9.17, 15) is 24.9 Å². The van der Waals surface area contributed by atoms with Gasteiger partial charge < -0.3 is 24.8 Å². The lowest BCUT2D eigenvalue weighted by Gasteiger charge is -2.36. The number of aliphatic hydroxyl groups excluding tert-OH is 2. The molecule has 2 fully saturated rings. The Bertz CT molecular complexity index is 1160. The Morgan fingerprint density at radius 1 is 1.18 bits per heavy atom. The third-order valence-electron chi connectivity index (χ3n) is 8.87. The highest BCUT2D eigenvalue weighted by molar-refractivity contribution is 14.1. The predicted octanol–water partition coefficient (Wildman–Crippen LogP) is 4.83. The molecule has 1 saturated carbocycles. The summed E-state index contributed by atoms with van der Waals surface area (Å²) in [4.78, 5) is 28.7. The SMILES string of the molecule is CC/C(=C\c1cc(I)c(O)c(OC)c1)CC[C@@H](O)C1=C(COC)C[C@H]2C(=O)N(C3CCCCC3)C(=O)[C@H]2[C@H]1CO. The van der Waals surface area contributed by atoms with Gasteiger partial charge in [0.25, 0.3) is 0 Å². The van der Waals surface area contributed by atoms with Gasteiger partial charge in [0.1, 0.15) is 0 Å². The summed E-state index contributed by atoms with van der Waals surface area (Å²) in [6.07, 6.45) is 8.17. The number of phenols is 1. The van der Waals surface area contributed by atoms with Crippen LogP contribution in [0.4, 0.5) is 0 Å². The van der Waals surface area contributed by atoms with Crippen LogP contribution < -0.4 is 4.74 Å². The van der Waals surface area contributed by atoms with E-state index in [-0.39, 0.29) is 36.8 Å². The average Bonchev–Trinajstić information content (AvgIpc) is 3.21. The van der Waals surface area contributed by atoms with Gasteiger partial charge in [-0.2, -0.15) is 0 Å². The van der Waals surface area contributed by atoms with E-state index >= 15 is 0 Å². The molecule has 2 aliphatic carbocycles. The van der Waals surface area contributed by atoms with Gasteiger partial charge in [-0.05, 0) is 90.0 Å². The van der Waals surface area contributed by atoms with Crippen LogP contribution in [0.25, 0.3) is 6.08 Å². The molecule has 40 heavy (non-hydrogen) atoms. The van der Waals surface area contributed by atoms with Crippen molar-refractivity contribution >= 4 is 40.5 Å². The number of carbonyl (C=O) groups excluding carboxylic acids is 2. The lowest BCUT2D eigenvalue weighted by atomic mass is 9.68. The van der Waals surface area contributed by atoms with Gasteiger partial charge in [0, 0.05) is 19.1 Å². The third kappa shape index (κ3) is 6.27. The van der Waals surface area contributed by atoms with Crippen molar-refractivity contribution in [3.8, 4) is 11.5 Å². The molecule has 2 amide bonds. The fourth-order valence-electron chi connectivity index (χ4n) is 6.89. The summed E-state index contributed by atoms with van der Waals surface area (Å²) in [7, 11) is 3.10. The number of likely N-dealkylation sites (tertiary alicyclic amines) is 1. The van der Waals surface area contributed by atoms with Gasteiger partial charge in [-0.25, -0.2) is 0 Å². The number of halogens is 1. The second kappa shape index (κ2) is 13.8. The van der Waals surface area contributed by atoms with Crippen LogP contribution >= 0.6 is 22.6 Å². The quantitative estimate of drug-likeness (QED) is 0.176. The van der Waals surface area contributed by atoms with E-state index in [4.69, 9.17) is 9.47 Å². The zero-order chi connectivity index (χ0) is 29.0. The van der Waals surface area contributed by atoms with Crippen molar-refractivity contribution < 1.29 is 34.4 Å². The Hall–Kier alpha value is -1.95. The summed E-state index contributed by atoms with van der Waals surface area (Å²) in [6.45, 7) is 2.00. The predicted molar refractivity (Wildman–Crippen MR) is 161 cm³/mol. The number of hydrogen-bond donors (Lipinski definition) is 3. The van der Waals surface area contributed by atoms with Crippen molar-refractivity contribution in [2.45, 2.75) is 76.9 Å². The van der Waals surface area contributed by atoms with Gasteiger partial charge >= 0.3 is 0 Å². The molecule has 4 rings (SSSR count). The second-order valence-corrected chi connectivity index (χ2v) is 12.4. The average molecular weight is 668 g/mol. The maximum absolute atomic E-state index is 13.7. The van der Waals surface area contributed by atoms with E-state index in [2.05, 4.69) is 29.5 Å². The van der Waals surface area contributed by atoms with Crippen LogP contribution in [0.5, 0.6) is 11.5 Å². The number of allylic oxidation sites excluding steroid dienone is 1. The molecule has 1 aromatic rings. The molecule has 0 bridgehead atoms. The number of aliphatic hydroxyl groups is 2. The van der Waals surface area contributed by atoms with Crippen LogP contribution in [0.3, 0.4) is 0 Å². The second-order valence-electron chi connectivity index (χ2n) is 11.2. The van der Waals surface area contributed by atoms with Gasteiger partial charge in [-0.15, -0.1) is 0 Å². The monoisotopic (exact) mass is 667 g/mol. The molecular formula is C31H42INO7. The Kier molecular flexibility index (Phi) is 10.7. The van der Waals surface area contributed by atoms with E-state index in [0.717, 1.165) is 55.2 Å². The molecule has 9 heteroatoms. The summed E-state index contributed by atoms with van der Waals surface area (Å²) < 4.78 is 11.5. The highest BCUT2D eigenvalue weighted by Gasteiger charge is 2.56. The van der Waals surface area contributed by atoms with Gasteiger partial charge in [-0.3, -0.25) is 14.5 Å². The summed E-state index contributed by atoms with van der Waals surface area (Å²) in [5.41, 5.74) is 3.49. The smallest absolute Gasteiger partial charge is 0.234 e. The first-order valence-electron chi connectivity index (χ1n) is 14.4. The van der Waals surface area contributed by atoms with Gasteiger partial charge in [0.15, 0.2) is 11.5 Å². The standard InChI is InChI=1S/C31H42INO7/c1-4-18(12-19-13-24(32)29(36)26(14-19)40-3)10-11-25(35)27-20(17-39-2)15-22-28(23(27)16-34)31(38)33(30(22)37)21-8-6-5-7-9-21/h12-14,21-23,25,28,34-36H,4-11,15-17H2,1-3H3/b18-12+/t22-,23+,25-,28-/m1/s1. The van der Waals surface area contributed by atoms with Crippen LogP contribution in [0.1, 0.15) is 70.3 Å². The minimum Gasteiger partial charge on any atom is -0.504 e. The molecule has 0 aromatic heterocycles. The van der Waals surface area contributed by atoms with Crippen molar-refractivity contribution in [1.29, 1.82) is 0 Å². The number of imide groups is 1. The molecule has 1 saturated heterocycles. The van der Waals surface area contributed by atoms with E-state index in [0.29, 0.717) is 34.2 Å². The number of carbonyl (C=O) groups is 2. The van der Waals surface area contributed by atoms with Crippen molar-refractivity contribution in [3.63, 3.8) is 0 Å². The molecular weight excluding hydrogens is 625 g/mol. The number of phenolic OH excluding ortho intramolecular Hbond substituents is 1. The van der Waals surface area contributed by atoms with Crippen LogP contribution in [0, 0.1) is 21.3 Å². The number of aromatic hydroxyl groups is 1. The van der Waals surface area contributed by atoms with E-state index < -0.39 is 23.9 Å². The van der Waals surface area contributed by atoms with Crippen LogP contribution in [0.2, 0.25) is 0 Å². The summed E-state index contributed by atoms with van der Waals surface area (Å²) in [5, 5.41) is 32.2. The molecule has 1 aromatic carbocycles. The number of amides is 2. The van der Waals surface area contributed by atoms with Gasteiger partial charge in [0.05, 0.1) is 41.8 Å². The molecule has 0 unspecified atom stereocenters. The number of rotatable bonds is 11. The number of fused-ring (bicyclic) bond motifs is 1. The highest BCUT2D eigenvalue weighted by Crippen LogP contribution is 2.47. The molecule has 4 atom stereocenters. The zero-order valence-electron chi connectivity index (χ0n) is 23.7. The first kappa shape index (κ1) is 31.0. The fraction of sp³-hybridized carbons (Fsp3) is 0.613. The van der Waals surface area contributed by atoms with E-state index in [1.165, 1.54) is 12.0 Å². The molecule has 220 valence electrons. The Balaban J connectivity index is 1.57. The van der Waals surface area contributed by atoms with E-state index in [1.807, 2.05) is 12.1 Å². The summed E-state index contributed by atoms with van der Waals surface area (Å²) in [6, 6.07) is 3.61. The lowest BCUT2D eigenvalue weighted by molar-refractivity contribution is -0.143. The minimum absolute atomic E-state index is 0.0585. The Morgan fingerprint density at radius 3 is 2.52 bits per heavy atom. The molecule has 0 spiro atoms. The summed E-state index contributed by atoms with van der Waals surface area (Å²) >= 11 is 2.07. The molecule has 3 N–H and O–H groups in total. The number of methoxy groups -OCH3 is 2. The lowest BCUT2D eigenvalue weighted by Crippen LogP contribution is -2.42. The van der Waals surface area contributed by atoms with Crippen molar-refractivity contribution in [1.82, 2.24) is 4.90 Å². The molecule has 1 heterocycles. The van der Waals surface area contributed by atoms with Crippen molar-refractivity contribution in [2.24, 2.45) is 17.8 Å². The third-order valence-corrected chi connectivity index (χ3v) is 9.69. The molecule has 0 radical (unpaired) electrons. The maximum Gasteiger partial charge on any atom is 0.234 e. The molecule has 8 nitrogen and oxygen atoms in total. The number of nitrogens with zero attached hydrogens (tertiary/aromatic N) is 1. The van der Waals surface area contributed by atoms with Crippen LogP contribution in [-0.4, -0.2) is 71.6 Å². The normalized spacial score (nSPS) is 25.0. The number of ether oxygens (including phenoxy) is 2. The maximum atomic E-state index is 13.7. The fourth-order valence-corrected chi connectivity index (χ4v) is 7.51. The van der Waals surface area contributed by atoms with Crippen molar-refractivity contribution in [3.05, 3.63) is 38.0 Å². The van der Waals surface area contributed by atoms with Crippen LogP contribution in [-0.2, 0) is 14.3 Å². The number of hydrogen-bond acceptors (Lipinski definition) is 7.